The van der Waals surface area contributed by atoms with Gasteiger partial charge in [-0.1, -0.05) is 12.1 Å². The SMILES string of the molecule is CNCc1cccc(Br)c1OCC(=O)N1CCOCC1. The van der Waals surface area contributed by atoms with Crippen LogP contribution >= 0.6 is 15.9 Å². The molecule has 1 aromatic rings. The van der Waals surface area contributed by atoms with Gasteiger partial charge < -0.3 is 19.7 Å². The number of nitrogens with zero attached hydrogens (tertiary/aromatic N) is 1. The number of rotatable bonds is 5. The van der Waals surface area contributed by atoms with Crippen molar-refractivity contribution >= 4 is 21.8 Å². The van der Waals surface area contributed by atoms with Gasteiger partial charge >= 0.3 is 0 Å². The first-order valence-electron chi connectivity index (χ1n) is 6.62. The molecule has 1 saturated heterocycles. The lowest BCUT2D eigenvalue weighted by Gasteiger charge is -2.27. The second-order valence-corrected chi connectivity index (χ2v) is 5.39. The predicted octanol–water partition coefficient (Wildman–Crippen LogP) is 1.41. The minimum absolute atomic E-state index is 0.000499. The normalized spacial score (nSPS) is 15.2. The number of para-hydroxylation sites is 1. The van der Waals surface area contributed by atoms with E-state index < -0.39 is 0 Å². The third-order valence-corrected chi connectivity index (χ3v) is 3.74. The molecule has 1 N–H and O–H groups in total. The molecule has 110 valence electrons. The van der Waals surface area contributed by atoms with Crippen molar-refractivity contribution in [1.29, 1.82) is 0 Å². The van der Waals surface area contributed by atoms with E-state index in [1.165, 1.54) is 0 Å². The fourth-order valence-electron chi connectivity index (χ4n) is 2.08. The van der Waals surface area contributed by atoms with Gasteiger partial charge in [-0.05, 0) is 29.0 Å². The van der Waals surface area contributed by atoms with Crippen molar-refractivity contribution in [3.63, 3.8) is 0 Å². The molecule has 20 heavy (non-hydrogen) atoms. The van der Waals surface area contributed by atoms with E-state index in [9.17, 15) is 4.79 Å². The second-order valence-electron chi connectivity index (χ2n) is 4.54. The minimum Gasteiger partial charge on any atom is -0.482 e. The first-order valence-corrected chi connectivity index (χ1v) is 7.42. The summed E-state index contributed by atoms with van der Waals surface area (Å²) in [6, 6.07) is 5.84. The van der Waals surface area contributed by atoms with E-state index in [4.69, 9.17) is 9.47 Å². The highest BCUT2D eigenvalue weighted by molar-refractivity contribution is 9.10. The van der Waals surface area contributed by atoms with Gasteiger partial charge in [0.05, 0.1) is 17.7 Å². The zero-order chi connectivity index (χ0) is 14.4. The molecule has 0 spiro atoms. The van der Waals surface area contributed by atoms with Crippen molar-refractivity contribution in [3.8, 4) is 5.75 Å². The fourth-order valence-corrected chi connectivity index (χ4v) is 2.60. The maximum Gasteiger partial charge on any atom is 0.260 e. The van der Waals surface area contributed by atoms with Crippen LogP contribution in [0.2, 0.25) is 0 Å². The molecular weight excluding hydrogens is 324 g/mol. The Balaban J connectivity index is 1.97. The molecule has 1 fully saturated rings. The van der Waals surface area contributed by atoms with Gasteiger partial charge in [-0.3, -0.25) is 4.79 Å². The Labute approximate surface area is 127 Å². The lowest BCUT2D eigenvalue weighted by Crippen LogP contribution is -2.43. The van der Waals surface area contributed by atoms with Crippen molar-refractivity contribution in [3.05, 3.63) is 28.2 Å². The van der Waals surface area contributed by atoms with Crippen LogP contribution < -0.4 is 10.1 Å². The van der Waals surface area contributed by atoms with Crippen molar-refractivity contribution < 1.29 is 14.3 Å². The Morgan fingerprint density at radius 3 is 2.90 bits per heavy atom. The van der Waals surface area contributed by atoms with E-state index >= 15 is 0 Å². The Bertz CT molecular complexity index is 462. The fraction of sp³-hybridized carbons (Fsp3) is 0.500. The van der Waals surface area contributed by atoms with Crippen LogP contribution in [-0.2, 0) is 16.1 Å². The van der Waals surface area contributed by atoms with Gasteiger partial charge in [-0.25, -0.2) is 0 Å². The van der Waals surface area contributed by atoms with Crippen LogP contribution in [0.15, 0.2) is 22.7 Å². The second kappa shape index (κ2) is 7.61. The molecule has 0 aliphatic carbocycles. The molecular formula is C14H19BrN2O3. The average Bonchev–Trinajstić information content (AvgIpc) is 2.47. The summed E-state index contributed by atoms with van der Waals surface area (Å²) in [5.74, 6) is 0.725. The zero-order valence-electron chi connectivity index (χ0n) is 11.5. The smallest absolute Gasteiger partial charge is 0.260 e. The predicted molar refractivity (Wildman–Crippen MR) is 79.8 cm³/mol. The van der Waals surface area contributed by atoms with Gasteiger partial charge in [-0.15, -0.1) is 0 Å². The highest BCUT2D eigenvalue weighted by Gasteiger charge is 2.18. The van der Waals surface area contributed by atoms with Crippen LogP contribution in [0.3, 0.4) is 0 Å². The molecule has 0 aromatic heterocycles. The van der Waals surface area contributed by atoms with Crippen LogP contribution in [-0.4, -0.2) is 50.8 Å². The molecule has 2 rings (SSSR count). The maximum absolute atomic E-state index is 12.1. The molecule has 0 atom stereocenters. The number of halogens is 1. The van der Waals surface area contributed by atoms with Crippen LogP contribution in [0.5, 0.6) is 5.75 Å². The van der Waals surface area contributed by atoms with Gasteiger partial charge in [0.15, 0.2) is 6.61 Å². The summed E-state index contributed by atoms with van der Waals surface area (Å²) in [6.45, 7) is 3.24. The largest absolute Gasteiger partial charge is 0.482 e. The monoisotopic (exact) mass is 342 g/mol. The zero-order valence-corrected chi connectivity index (χ0v) is 13.1. The number of ether oxygens (including phenoxy) is 2. The first kappa shape index (κ1) is 15.3. The number of hydrogen-bond donors (Lipinski definition) is 1. The number of carbonyl (C=O) groups is 1. The molecule has 0 unspecified atom stereocenters. The Kier molecular flexibility index (Phi) is 5.82. The van der Waals surface area contributed by atoms with E-state index in [-0.39, 0.29) is 12.5 Å². The molecule has 1 aromatic carbocycles. The summed E-state index contributed by atoms with van der Waals surface area (Å²) in [5, 5.41) is 3.09. The van der Waals surface area contributed by atoms with Gasteiger partial charge in [0.25, 0.3) is 5.91 Å². The minimum atomic E-state index is -0.000499. The Hall–Kier alpha value is -1.11. The van der Waals surface area contributed by atoms with E-state index in [1.807, 2.05) is 25.2 Å². The standard InChI is InChI=1S/C14H19BrN2O3/c1-16-9-11-3-2-4-12(15)14(11)20-10-13(18)17-5-7-19-8-6-17/h2-4,16H,5-10H2,1H3. The highest BCUT2D eigenvalue weighted by Crippen LogP contribution is 2.29. The van der Waals surface area contributed by atoms with Gasteiger partial charge in [0.1, 0.15) is 5.75 Å². The lowest BCUT2D eigenvalue weighted by molar-refractivity contribution is -0.137. The molecule has 1 aliphatic heterocycles. The van der Waals surface area contributed by atoms with Crippen molar-refractivity contribution in [1.82, 2.24) is 10.2 Å². The Morgan fingerprint density at radius 1 is 1.45 bits per heavy atom. The first-order chi connectivity index (χ1) is 9.72. The van der Waals surface area contributed by atoms with Crippen molar-refractivity contribution in [2.75, 3.05) is 40.0 Å². The quantitative estimate of drug-likeness (QED) is 0.878. The van der Waals surface area contributed by atoms with E-state index in [0.717, 1.165) is 15.8 Å². The summed E-state index contributed by atoms with van der Waals surface area (Å²) in [6.07, 6.45) is 0. The number of amides is 1. The molecule has 5 nitrogen and oxygen atoms in total. The summed E-state index contributed by atoms with van der Waals surface area (Å²) in [4.78, 5) is 13.8. The van der Waals surface area contributed by atoms with Crippen molar-refractivity contribution in [2.45, 2.75) is 6.54 Å². The summed E-state index contributed by atoms with van der Waals surface area (Å²) >= 11 is 3.47. The van der Waals surface area contributed by atoms with Crippen molar-refractivity contribution in [2.24, 2.45) is 0 Å². The van der Waals surface area contributed by atoms with Crippen LogP contribution in [0.4, 0.5) is 0 Å². The molecule has 6 heteroatoms. The molecule has 1 aliphatic rings. The molecule has 1 amide bonds. The average molecular weight is 343 g/mol. The number of carbonyl (C=O) groups excluding carboxylic acids is 1. The lowest BCUT2D eigenvalue weighted by atomic mass is 10.2. The number of morpholine rings is 1. The summed E-state index contributed by atoms with van der Waals surface area (Å²) in [5.41, 5.74) is 1.02. The van der Waals surface area contributed by atoms with Gasteiger partial charge in [0.2, 0.25) is 0 Å². The third-order valence-electron chi connectivity index (χ3n) is 3.12. The van der Waals surface area contributed by atoms with Gasteiger partial charge in [-0.2, -0.15) is 0 Å². The number of benzene rings is 1. The summed E-state index contributed by atoms with van der Waals surface area (Å²) in [7, 11) is 1.88. The Morgan fingerprint density at radius 2 is 2.20 bits per heavy atom. The molecule has 0 radical (unpaired) electrons. The van der Waals surface area contributed by atoms with E-state index in [0.29, 0.717) is 32.8 Å². The highest BCUT2D eigenvalue weighted by atomic mass is 79.9. The third kappa shape index (κ3) is 3.94. The molecule has 0 saturated carbocycles. The van der Waals surface area contributed by atoms with Crippen LogP contribution in [0.25, 0.3) is 0 Å². The van der Waals surface area contributed by atoms with Gasteiger partial charge in [0, 0.05) is 25.2 Å². The molecule has 1 heterocycles. The summed E-state index contributed by atoms with van der Waals surface area (Å²) < 4.78 is 11.8. The molecule has 0 bridgehead atoms. The van der Waals surface area contributed by atoms with Crippen LogP contribution in [0, 0.1) is 0 Å². The van der Waals surface area contributed by atoms with E-state index in [2.05, 4.69) is 21.2 Å². The van der Waals surface area contributed by atoms with Crippen LogP contribution in [0.1, 0.15) is 5.56 Å². The number of nitrogens with one attached hydrogen (secondary N) is 1. The number of hydrogen-bond acceptors (Lipinski definition) is 4. The topological polar surface area (TPSA) is 50.8 Å². The maximum atomic E-state index is 12.1. The van der Waals surface area contributed by atoms with E-state index in [1.54, 1.807) is 4.90 Å².